The van der Waals surface area contributed by atoms with E-state index in [4.69, 9.17) is 21.1 Å². The molecule has 2 fully saturated rings. The third kappa shape index (κ3) is 4.10. The van der Waals surface area contributed by atoms with E-state index in [0.29, 0.717) is 34.3 Å². The standard InChI is InChI=1S/C21H24ClN7O4S/c1-11(18(33-3)19-23-9-13(22)10-24-19)34(30,31)28-21-27-26-20(15-5-4-6-17(25-15)32-2)29(21)16-8-12-7-14(12)16/h4-6,9-12,14,16,18H,7-8H2,1-3H3,(H,27,28)/t11-,12?,14?,16+,18-/m0/s1. The second kappa shape index (κ2) is 8.75. The van der Waals surface area contributed by atoms with Crippen molar-refractivity contribution in [1.82, 2.24) is 29.7 Å². The smallest absolute Gasteiger partial charge is 0.240 e. The van der Waals surface area contributed by atoms with Crippen LogP contribution in [-0.2, 0) is 14.8 Å². The van der Waals surface area contributed by atoms with Crippen molar-refractivity contribution in [2.24, 2.45) is 11.8 Å². The lowest BCUT2D eigenvalue weighted by atomic mass is 9.92. The van der Waals surface area contributed by atoms with Crippen LogP contribution in [0.3, 0.4) is 0 Å². The van der Waals surface area contributed by atoms with Crippen LogP contribution < -0.4 is 9.46 Å². The molecule has 0 aromatic carbocycles. The molecule has 3 aromatic rings. The predicted molar refractivity (Wildman–Crippen MR) is 124 cm³/mol. The molecule has 2 aliphatic rings. The first-order valence-electron chi connectivity index (χ1n) is 10.8. The molecule has 5 atom stereocenters. The molecule has 0 radical (unpaired) electrons. The summed E-state index contributed by atoms with van der Waals surface area (Å²) in [6.45, 7) is 1.53. The summed E-state index contributed by atoms with van der Waals surface area (Å²) < 4.78 is 41.9. The average molecular weight is 506 g/mol. The Morgan fingerprint density at radius 1 is 1.18 bits per heavy atom. The zero-order valence-electron chi connectivity index (χ0n) is 18.8. The number of halogens is 1. The van der Waals surface area contributed by atoms with Gasteiger partial charge in [-0.15, -0.1) is 10.2 Å². The Labute approximate surface area is 202 Å². The fraction of sp³-hybridized carbons (Fsp3) is 0.476. The molecular weight excluding hydrogens is 482 g/mol. The highest BCUT2D eigenvalue weighted by Crippen LogP contribution is 2.63. The van der Waals surface area contributed by atoms with Crippen molar-refractivity contribution in [1.29, 1.82) is 0 Å². The number of rotatable bonds is 9. The van der Waals surface area contributed by atoms with Gasteiger partial charge < -0.3 is 9.47 Å². The van der Waals surface area contributed by atoms with Gasteiger partial charge in [0.15, 0.2) is 11.6 Å². The molecule has 13 heteroatoms. The molecule has 11 nitrogen and oxygen atoms in total. The quantitative estimate of drug-likeness (QED) is 0.465. The molecule has 2 unspecified atom stereocenters. The van der Waals surface area contributed by atoms with Gasteiger partial charge >= 0.3 is 0 Å². The van der Waals surface area contributed by atoms with Crippen LogP contribution in [0.5, 0.6) is 5.88 Å². The van der Waals surface area contributed by atoms with Gasteiger partial charge in [0.05, 0.1) is 12.1 Å². The fourth-order valence-corrected chi connectivity index (χ4v) is 5.70. The Morgan fingerprint density at radius 3 is 2.56 bits per heavy atom. The van der Waals surface area contributed by atoms with E-state index in [1.54, 1.807) is 12.1 Å². The monoisotopic (exact) mass is 505 g/mol. The summed E-state index contributed by atoms with van der Waals surface area (Å²) in [5.74, 6) is 2.47. The van der Waals surface area contributed by atoms with Crippen LogP contribution in [-0.4, -0.2) is 57.6 Å². The first-order valence-corrected chi connectivity index (χ1v) is 12.7. The number of aromatic nitrogens is 6. The summed E-state index contributed by atoms with van der Waals surface area (Å²) in [5, 5.41) is 7.80. The van der Waals surface area contributed by atoms with Gasteiger partial charge in [0.1, 0.15) is 17.0 Å². The van der Waals surface area contributed by atoms with Crippen molar-refractivity contribution >= 4 is 27.6 Å². The van der Waals surface area contributed by atoms with Gasteiger partial charge in [0.2, 0.25) is 21.9 Å². The summed E-state index contributed by atoms with van der Waals surface area (Å²) in [4.78, 5) is 12.7. The summed E-state index contributed by atoms with van der Waals surface area (Å²) in [5.41, 5.74) is 0.554. The number of hydrogen-bond donors (Lipinski definition) is 1. The maximum Gasteiger partial charge on any atom is 0.240 e. The van der Waals surface area contributed by atoms with Gasteiger partial charge in [-0.2, -0.15) is 0 Å². The van der Waals surface area contributed by atoms with Crippen molar-refractivity contribution in [3.8, 4) is 17.4 Å². The Hall–Kier alpha value is -2.83. The Morgan fingerprint density at radius 2 is 1.94 bits per heavy atom. The minimum atomic E-state index is -3.97. The lowest BCUT2D eigenvalue weighted by molar-refractivity contribution is 0.0950. The van der Waals surface area contributed by atoms with E-state index < -0.39 is 21.4 Å². The van der Waals surface area contributed by atoms with Crippen LogP contribution in [0.2, 0.25) is 5.02 Å². The molecule has 34 heavy (non-hydrogen) atoms. The Balaban J connectivity index is 1.47. The summed E-state index contributed by atoms with van der Waals surface area (Å²) in [6.07, 6.45) is 3.95. The maximum absolute atomic E-state index is 13.4. The first-order chi connectivity index (χ1) is 16.3. The average Bonchev–Trinajstić information content (AvgIpc) is 3.30. The lowest BCUT2D eigenvalue weighted by Gasteiger charge is -2.29. The number of methoxy groups -OCH3 is 2. The first kappa shape index (κ1) is 22.9. The molecule has 1 N–H and O–H groups in total. The van der Waals surface area contributed by atoms with Crippen molar-refractivity contribution in [2.75, 3.05) is 18.9 Å². The molecule has 3 heterocycles. The molecule has 0 spiro atoms. The normalized spacial score (nSPS) is 22.9. The van der Waals surface area contributed by atoms with Gasteiger partial charge in [0.25, 0.3) is 0 Å². The number of sulfonamides is 1. The van der Waals surface area contributed by atoms with E-state index in [1.165, 1.54) is 33.5 Å². The molecule has 180 valence electrons. The highest BCUT2D eigenvalue weighted by atomic mass is 35.5. The third-order valence-corrected chi connectivity index (χ3v) is 8.39. The highest BCUT2D eigenvalue weighted by molar-refractivity contribution is 7.93. The molecule has 5 rings (SSSR count). The number of pyridine rings is 1. The Bertz CT molecular complexity index is 1300. The zero-order valence-corrected chi connectivity index (χ0v) is 20.4. The molecule has 0 saturated heterocycles. The minimum absolute atomic E-state index is 0.105. The minimum Gasteiger partial charge on any atom is -0.481 e. The van der Waals surface area contributed by atoms with Gasteiger partial charge in [0, 0.05) is 31.6 Å². The molecular formula is C21H24ClN7O4S. The second-order valence-electron chi connectivity index (χ2n) is 8.51. The number of fused-ring (bicyclic) bond motifs is 1. The lowest BCUT2D eigenvalue weighted by Crippen LogP contribution is -2.34. The van der Waals surface area contributed by atoms with Crippen molar-refractivity contribution in [3.63, 3.8) is 0 Å². The predicted octanol–water partition coefficient (Wildman–Crippen LogP) is 2.89. The van der Waals surface area contributed by atoms with Crippen molar-refractivity contribution in [2.45, 2.75) is 37.2 Å². The number of hydrogen-bond acceptors (Lipinski definition) is 9. The van der Waals surface area contributed by atoms with Crippen molar-refractivity contribution in [3.05, 3.63) is 41.4 Å². The van der Waals surface area contributed by atoms with Gasteiger partial charge in [-0.3, -0.25) is 9.29 Å². The van der Waals surface area contributed by atoms with E-state index >= 15 is 0 Å². The number of nitrogens with zero attached hydrogens (tertiary/aromatic N) is 6. The van der Waals surface area contributed by atoms with Gasteiger partial charge in [-0.05, 0) is 37.7 Å². The van der Waals surface area contributed by atoms with Crippen LogP contribution in [0.1, 0.15) is 37.7 Å². The fourth-order valence-electron chi connectivity index (χ4n) is 4.46. The van der Waals surface area contributed by atoms with Crippen LogP contribution in [0, 0.1) is 11.8 Å². The number of ether oxygens (including phenoxy) is 2. The van der Waals surface area contributed by atoms with E-state index in [-0.39, 0.29) is 17.8 Å². The molecule has 2 aliphatic carbocycles. The summed E-state index contributed by atoms with van der Waals surface area (Å²) in [6, 6.07) is 5.45. The highest BCUT2D eigenvalue weighted by Gasteiger charge is 2.55. The zero-order chi connectivity index (χ0) is 24.0. The second-order valence-corrected chi connectivity index (χ2v) is 11.0. The van der Waals surface area contributed by atoms with E-state index in [2.05, 4.69) is 29.9 Å². The topological polar surface area (TPSA) is 134 Å². The van der Waals surface area contributed by atoms with Crippen molar-refractivity contribution < 1.29 is 17.9 Å². The largest absolute Gasteiger partial charge is 0.481 e. The molecule has 0 amide bonds. The van der Waals surface area contributed by atoms with Gasteiger partial charge in [-0.1, -0.05) is 17.7 Å². The van der Waals surface area contributed by atoms with Crippen LogP contribution in [0.25, 0.3) is 11.5 Å². The van der Waals surface area contributed by atoms with E-state index in [9.17, 15) is 8.42 Å². The van der Waals surface area contributed by atoms with E-state index in [0.717, 1.165) is 12.8 Å². The number of anilines is 1. The number of nitrogens with one attached hydrogen (secondary N) is 1. The molecule has 0 bridgehead atoms. The van der Waals surface area contributed by atoms with Crippen LogP contribution in [0.4, 0.5) is 5.95 Å². The van der Waals surface area contributed by atoms with E-state index in [1.807, 2.05) is 10.6 Å². The summed E-state index contributed by atoms with van der Waals surface area (Å²) >= 11 is 5.86. The van der Waals surface area contributed by atoms with Gasteiger partial charge in [-0.25, -0.2) is 23.4 Å². The third-order valence-electron chi connectivity index (χ3n) is 6.50. The Kier molecular flexibility index (Phi) is 5.90. The summed E-state index contributed by atoms with van der Waals surface area (Å²) in [7, 11) is -1.02. The molecule has 2 saturated carbocycles. The molecule has 3 aromatic heterocycles. The SMILES string of the molecule is COc1cccc(-c2nnc(NS(=O)(=O)[C@@H](C)[C@H](OC)c3ncc(Cl)cn3)n2[C@@H]2CC3CC32)n1. The van der Waals surface area contributed by atoms with Crippen LogP contribution >= 0.6 is 11.6 Å². The van der Waals surface area contributed by atoms with Crippen LogP contribution in [0.15, 0.2) is 30.6 Å². The molecule has 0 aliphatic heterocycles. The maximum atomic E-state index is 13.4.